The van der Waals surface area contributed by atoms with Gasteiger partial charge in [0.25, 0.3) is 0 Å². The Labute approximate surface area is 217 Å². The van der Waals surface area contributed by atoms with Gasteiger partial charge in [-0.25, -0.2) is 4.98 Å². The topological polar surface area (TPSA) is 44.5 Å². The summed E-state index contributed by atoms with van der Waals surface area (Å²) in [5.74, 6) is 0. The number of H-pyrrole nitrogens is 2. The first kappa shape index (κ1) is 20.5. The largest absolute Gasteiger partial charge is 0.354 e. The highest BCUT2D eigenvalue weighted by atomic mass is 32.1. The van der Waals surface area contributed by atoms with Crippen LogP contribution in [0.5, 0.6) is 0 Å². The fourth-order valence-electron chi connectivity index (χ4n) is 5.51. The van der Waals surface area contributed by atoms with Crippen molar-refractivity contribution in [3.8, 4) is 33.5 Å². The summed E-state index contributed by atoms with van der Waals surface area (Å²) >= 11 is 1.80. The predicted octanol–water partition coefficient (Wildman–Crippen LogP) is 9.41. The van der Waals surface area contributed by atoms with Crippen LogP contribution in [0.2, 0.25) is 0 Å². The monoisotopic (exact) mass is 491 g/mol. The minimum atomic E-state index is 0.980. The van der Waals surface area contributed by atoms with E-state index < -0.39 is 0 Å². The van der Waals surface area contributed by atoms with Crippen molar-refractivity contribution in [2.45, 2.75) is 0 Å². The number of rotatable bonds is 2. The Morgan fingerprint density at radius 1 is 0.541 bits per heavy atom. The maximum absolute atomic E-state index is 5.30. The van der Waals surface area contributed by atoms with E-state index in [2.05, 4.69) is 125 Å². The Balaban J connectivity index is 1.65. The summed E-state index contributed by atoms with van der Waals surface area (Å²) in [4.78, 5) is 12.8. The highest BCUT2D eigenvalue weighted by Gasteiger charge is 2.19. The van der Waals surface area contributed by atoms with Gasteiger partial charge in [0, 0.05) is 43.3 Å². The Kier molecular flexibility index (Phi) is 4.39. The first-order valence-corrected chi connectivity index (χ1v) is 13.2. The lowest BCUT2D eigenvalue weighted by Crippen LogP contribution is -1.84. The van der Waals surface area contributed by atoms with Gasteiger partial charge in [-0.1, -0.05) is 78.9 Å². The van der Waals surface area contributed by atoms with E-state index in [1.807, 2.05) is 0 Å². The molecule has 3 nitrogen and oxygen atoms in total. The second-order valence-electron chi connectivity index (χ2n) is 9.38. The van der Waals surface area contributed by atoms with Crippen molar-refractivity contribution in [1.82, 2.24) is 15.0 Å². The van der Waals surface area contributed by atoms with Crippen molar-refractivity contribution in [3.05, 3.63) is 115 Å². The zero-order valence-corrected chi connectivity index (χ0v) is 20.6. The van der Waals surface area contributed by atoms with E-state index in [1.54, 1.807) is 11.3 Å². The molecule has 0 saturated heterocycles. The molecule has 0 spiro atoms. The summed E-state index contributed by atoms with van der Waals surface area (Å²) in [6, 6.07) is 40.8. The standard InChI is InChI=1S/C33H21N3S/c1-3-9-20(10-4-1)30-24-15-16-26(34-24)31(21-11-5-2-6-12-21)28-19-23-22-13-7-8-14-29(22)37-33(32(23)36-28)27-18-17-25(30)35-27/h1-19,34-35H. The van der Waals surface area contributed by atoms with Crippen LogP contribution in [0.4, 0.5) is 0 Å². The molecule has 6 bridgehead atoms. The number of hydrogen-bond acceptors (Lipinski definition) is 2. The van der Waals surface area contributed by atoms with Crippen molar-refractivity contribution in [1.29, 1.82) is 0 Å². The van der Waals surface area contributed by atoms with Crippen LogP contribution in [0.25, 0.3) is 75.9 Å². The van der Waals surface area contributed by atoms with E-state index in [0.29, 0.717) is 0 Å². The van der Waals surface area contributed by atoms with Crippen LogP contribution in [0, 0.1) is 0 Å². The van der Waals surface area contributed by atoms with Crippen LogP contribution in [0.1, 0.15) is 0 Å². The first-order valence-electron chi connectivity index (χ1n) is 12.4. The van der Waals surface area contributed by atoms with Gasteiger partial charge in [-0.05, 0) is 47.5 Å². The lowest BCUT2D eigenvalue weighted by Gasteiger charge is -2.06. The number of fused-ring (bicyclic) bond motifs is 8. The van der Waals surface area contributed by atoms with Crippen LogP contribution in [-0.2, 0) is 0 Å². The second-order valence-corrected chi connectivity index (χ2v) is 10.4. The van der Waals surface area contributed by atoms with Crippen LogP contribution in [-0.4, -0.2) is 15.0 Å². The van der Waals surface area contributed by atoms with Gasteiger partial charge in [0.05, 0.1) is 21.4 Å². The molecule has 37 heavy (non-hydrogen) atoms. The molecule has 0 amide bonds. The normalized spacial score (nSPS) is 11.8. The number of nitrogens with zero attached hydrogens (tertiary/aromatic N) is 1. The number of aromatic nitrogens is 3. The molecule has 0 atom stereocenters. The number of nitrogens with one attached hydrogen (secondary N) is 2. The zero-order valence-electron chi connectivity index (χ0n) is 19.8. The molecular formula is C33H21N3S. The molecule has 8 rings (SSSR count). The Morgan fingerprint density at radius 3 is 1.84 bits per heavy atom. The molecule has 174 valence electrons. The maximum Gasteiger partial charge on any atom is 0.0910 e. The van der Waals surface area contributed by atoms with E-state index in [0.717, 1.165) is 54.7 Å². The molecular weight excluding hydrogens is 470 g/mol. The van der Waals surface area contributed by atoms with Gasteiger partial charge >= 0.3 is 0 Å². The summed E-state index contributed by atoms with van der Waals surface area (Å²) in [6.45, 7) is 0. The van der Waals surface area contributed by atoms with E-state index in [4.69, 9.17) is 4.98 Å². The molecule has 0 unspecified atom stereocenters. The predicted molar refractivity (Wildman–Crippen MR) is 157 cm³/mol. The third-order valence-electron chi connectivity index (χ3n) is 7.18. The van der Waals surface area contributed by atoms with Gasteiger partial charge in [0.2, 0.25) is 0 Å². The average Bonchev–Trinajstić information content (AvgIpc) is 3.71. The van der Waals surface area contributed by atoms with Gasteiger partial charge in [-0.15, -0.1) is 11.3 Å². The summed E-state index contributed by atoms with van der Waals surface area (Å²) < 4.78 is 2.42. The Morgan fingerprint density at radius 2 is 1.11 bits per heavy atom. The Hall–Kier alpha value is -4.67. The van der Waals surface area contributed by atoms with E-state index in [-0.39, 0.29) is 0 Å². The molecule has 0 radical (unpaired) electrons. The molecule has 6 aromatic rings. The number of hydrogen-bond donors (Lipinski definition) is 2. The molecule has 0 fully saturated rings. The minimum absolute atomic E-state index is 0.980. The highest BCUT2D eigenvalue weighted by Crippen LogP contribution is 2.43. The summed E-state index contributed by atoms with van der Waals surface area (Å²) in [5.41, 5.74) is 12.1. The summed E-state index contributed by atoms with van der Waals surface area (Å²) in [5, 5.41) is 1.24. The van der Waals surface area contributed by atoms with Crippen molar-refractivity contribution >= 4 is 53.7 Å². The quantitative estimate of drug-likeness (QED) is 0.248. The third-order valence-corrected chi connectivity index (χ3v) is 8.37. The fourth-order valence-corrected chi connectivity index (χ4v) is 6.65. The molecule has 3 aromatic heterocycles. The lowest BCUT2D eigenvalue weighted by atomic mass is 10.0. The number of benzene rings is 3. The summed E-state index contributed by atoms with van der Waals surface area (Å²) in [6.07, 6.45) is 0. The molecule has 0 saturated carbocycles. The SMILES string of the molecule is c1ccc(-c2c3cc4c5ccccc5sc(c-4n3)c3ccc([nH]3)c(-c3ccccc3)c3ccc2[nH]3)cc1. The van der Waals surface area contributed by atoms with Crippen molar-refractivity contribution in [3.63, 3.8) is 0 Å². The molecule has 3 aromatic carbocycles. The van der Waals surface area contributed by atoms with Crippen LogP contribution < -0.4 is 0 Å². The highest BCUT2D eigenvalue weighted by molar-refractivity contribution is 7.25. The smallest absolute Gasteiger partial charge is 0.0910 e. The molecule has 4 heteroatoms. The molecule has 2 aliphatic heterocycles. The Bertz CT molecular complexity index is 2080. The molecule has 2 N–H and O–H groups in total. The van der Waals surface area contributed by atoms with Gasteiger partial charge in [-0.3, -0.25) is 0 Å². The average molecular weight is 492 g/mol. The molecule has 2 aliphatic rings. The number of aromatic amines is 2. The van der Waals surface area contributed by atoms with E-state index in [1.165, 1.54) is 21.2 Å². The van der Waals surface area contributed by atoms with Gasteiger partial charge in [-0.2, -0.15) is 0 Å². The van der Waals surface area contributed by atoms with Crippen LogP contribution >= 0.6 is 11.3 Å². The zero-order chi connectivity index (χ0) is 24.3. The summed E-state index contributed by atoms with van der Waals surface area (Å²) in [7, 11) is 0. The fraction of sp³-hybridized carbons (Fsp3) is 0. The molecule has 5 heterocycles. The van der Waals surface area contributed by atoms with E-state index >= 15 is 0 Å². The lowest BCUT2D eigenvalue weighted by molar-refractivity contribution is 1.47. The minimum Gasteiger partial charge on any atom is -0.354 e. The van der Waals surface area contributed by atoms with Crippen LogP contribution in [0.3, 0.4) is 0 Å². The van der Waals surface area contributed by atoms with Gasteiger partial charge < -0.3 is 9.97 Å². The first-order chi connectivity index (χ1) is 18.3. The second kappa shape index (κ2) is 7.92. The van der Waals surface area contributed by atoms with Crippen LogP contribution in [0.15, 0.2) is 115 Å². The van der Waals surface area contributed by atoms with Gasteiger partial charge in [0.15, 0.2) is 0 Å². The van der Waals surface area contributed by atoms with Crippen molar-refractivity contribution < 1.29 is 0 Å². The third kappa shape index (κ3) is 3.16. The maximum atomic E-state index is 5.30. The molecule has 0 aliphatic carbocycles. The van der Waals surface area contributed by atoms with Crippen molar-refractivity contribution in [2.24, 2.45) is 0 Å². The van der Waals surface area contributed by atoms with Gasteiger partial charge in [0.1, 0.15) is 0 Å². The van der Waals surface area contributed by atoms with Crippen molar-refractivity contribution in [2.75, 3.05) is 0 Å². The van der Waals surface area contributed by atoms with E-state index in [9.17, 15) is 0 Å².